The van der Waals surface area contributed by atoms with Gasteiger partial charge in [-0.25, -0.2) is 0 Å². The number of hydrogen-bond acceptors (Lipinski definition) is 2. The minimum absolute atomic E-state index is 0.0474. The first kappa shape index (κ1) is 6.09. The lowest BCUT2D eigenvalue weighted by atomic mass is 10.2. The standard InChI is InChI=1S/C8H8N2O/c9-7-5-3-1-2-4-6(5)10-8(7)11/h1-4,10-11H,9H2. The third kappa shape index (κ3) is 0.741. The molecule has 0 aliphatic carbocycles. The van der Waals surface area contributed by atoms with Crippen LogP contribution in [0, 0.1) is 0 Å². The molecule has 0 radical (unpaired) electrons. The summed E-state index contributed by atoms with van der Waals surface area (Å²) in [6.45, 7) is 0. The Bertz CT molecular complexity index is 392. The molecular formula is C8H8N2O. The molecule has 1 heterocycles. The summed E-state index contributed by atoms with van der Waals surface area (Å²) in [5.41, 5.74) is 6.84. The van der Waals surface area contributed by atoms with Gasteiger partial charge < -0.3 is 15.8 Å². The third-order valence-corrected chi connectivity index (χ3v) is 1.73. The highest BCUT2D eigenvalue weighted by Crippen LogP contribution is 2.28. The lowest BCUT2D eigenvalue weighted by Gasteiger charge is -1.87. The molecule has 0 unspecified atom stereocenters. The van der Waals surface area contributed by atoms with Crippen molar-refractivity contribution in [3.05, 3.63) is 24.3 Å². The van der Waals surface area contributed by atoms with Crippen molar-refractivity contribution in [1.29, 1.82) is 0 Å². The number of aromatic hydroxyl groups is 1. The fourth-order valence-corrected chi connectivity index (χ4v) is 1.15. The van der Waals surface area contributed by atoms with Crippen LogP contribution in [-0.2, 0) is 0 Å². The molecular weight excluding hydrogens is 140 g/mol. The first-order valence-corrected chi connectivity index (χ1v) is 3.34. The molecule has 0 spiro atoms. The van der Waals surface area contributed by atoms with Gasteiger partial charge in [-0.3, -0.25) is 0 Å². The smallest absolute Gasteiger partial charge is 0.213 e. The van der Waals surface area contributed by atoms with Crippen molar-refractivity contribution in [3.63, 3.8) is 0 Å². The molecule has 0 aliphatic heterocycles. The van der Waals surface area contributed by atoms with E-state index >= 15 is 0 Å². The van der Waals surface area contributed by atoms with Crippen molar-refractivity contribution in [3.8, 4) is 5.88 Å². The summed E-state index contributed by atoms with van der Waals surface area (Å²) < 4.78 is 0. The lowest BCUT2D eigenvalue weighted by molar-refractivity contribution is 0.461. The van der Waals surface area contributed by atoms with Crippen LogP contribution in [0.25, 0.3) is 10.9 Å². The van der Waals surface area contributed by atoms with E-state index in [1.807, 2.05) is 24.3 Å². The predicted molar refractivity (Wildman–Crippen MR) is 44.4 cm³/mol. The van der Waals surface area contributed by atoms with Crippen molar-refractivity contribution < 1.29 is 5.11 Å². The van der Waals surface area contributed by atoms with Crippen LogP contribution in [-0.4, -0.2) is 10.1 Å². The second kappa shape index (κ2) is 1.92. The van der Waals surface area contributed by atoms with E-state index in [0.717, 1.165) is 10.9 Å². The molecule has 56 valence electrons. The number of nitrogen functional groups attached to an aromatic ring is 1. The van der Waals surface area contributed by atoms with Crippen molar-refractivity contribution in [2.45, 2.75) is 0 Å². The zero-order valence-corrected chi connectivity index (χ0v) is 5.83. The predicted octanol–water partition coefficient (Wildman–Crippen LogP) is 1.46. The summed E-state index contributed by atoms with van der Waals surface area (Å²) >= 11 is 0. The van der Waals surface area contributed by atoms with Gasteiger partial charge in [0.25, 0.3) is 0 Å². The lowest BCUT2D eigenvalue weighted by Crippen LogP contribution is -1.80. The topological polar surface area (TPSA) is 62.0 Å². The van der Waals surface area contributed by atoms with E-state index in [1.54, 1.807) is 0 Å². The molecule has 2 rings (SSSR count). The van der Waals surface area contributed by atoms with Gasteiger partial charge in [0.1, 0.15) is 5.69 Å². The van der Waals surface area contributed by atoms with Crippen LogP contribution < -0.4 is 5.73 Å². The van der Waals surface area contributed by atoms with Crippen molar-refractivity contribution in [1.82, 2.24) is 4.98 Å². The Morgan fingerprint density at radius 2 is 2.00 bits per heavy atom. The molecule has 11 heavy (non-hydrogen) atoms. The zero-order valence-electron chi connectivity index (χ0n) is 5.83. The van der Waals surface area contributed by atoms with Crippen LogP contribution >= 0.6 is 0 Å². The van der Waals surface area contributed by atoms with Gasteiger partial charge in [0.15, 0.2) is 0 Å². The quantitative estimate of drug-likeness (QED) is 0.529. The van der Waals surface area contributed by atoms with Gasteiger partial charge in [0, 0.05) is 5.39 Å². The molecule has 1 aromatic carbocycles. The average molecular weight is 148 g/mol. The van der Waals surface area contributed by atoms with Crippen LogP contribution in [0.1, 0.15) is 0 Å². The van der Waals surface area contributed by atoms with E-state index in [1.165, 1.54) is 0 Å². The maximum absolute atomic E-state index is 9.16. The molecule has 0 saturated carbocycles. The normalized spacial score (nSPS) is 10.5. The van der Waals surface area contributed by atoms with Gasteiger partial charge in [-0.15, -0.1) is 0 Å². The number of aromatic amines is 1. The number of nitrogens with one attached hydrogen (secondary N) is 1. The second-order valence-electron chi connectivity index (χ2n) is 2.43. The van der Waals surface area contributed by atoms with E-state index in [0.29, 0.717) is 5.69 Å². The van der Waals surface area contributed by atoms with Gasteiger partial charge >= 0.3 is 0 Å². The Labute approximate surface area is 63.5 Å². The zero-order chi connectivity index (χ0) is 7.84. The molecule has 3 nitrogen and oxygen atoms in total. The number of H-pyrrole nitrogens is 1. The van der Waals surface area contributed by atoms with Crippen molar-refractivity contribution in [2.24, 2.45) is 0 Å². The number of aromatic nitrogens is 1. The molecule has 0 amide bonds. The van der Waals surface area contributed by atoms with Gasteiger partial charge in [0.05, 0.1) is 5.52 Å². The molecule has 2 aromatic rings. The molecule has 0 aliphatic rings. The maximum atomic E-state index is 9.16. The monoisotopic (exact) mass is 148 g/mol. The first-order valence-electron chi connectivity index (χ1n) is 3.34. The second-order valence-corrected chi connectivity index (χ2v) is 2.43. The van der Waals surface area contributed by atoms with E-state index in [9.17, 15) is 0 Å². The molecule has 1 aromatic heterocycles. The summed E-state index contributed by atoms with van der Waals surface area (Å²) in [7, 11) is 0. The van der Waals surface area contributed by atoms with E-state index in [-0.39, 0.29) is 5.88 Å². The van der Waals surface area contributed by atoms with Gasteiger partial charge in [-0.05, 0) is 6.07 Å². The first-order chi connectivity index (χ1) is 5.29. The Morgan fingerprint density at radius 3 is 2.73 bits per heavy atom. The summed E-state index contributed by atoms with van der Waals surface area (Å²) in [6.07, 6.45) is 0. The number of fused-ring (bicyclic) bond motifs is 1. The Balaban J connectivity index is 2.92. The highest BCUT2D eigenvalue weighted by Gasteiger charge is 2.04. The maximum Gasteiger partial charge on any atom is 0.213 e. The third-order valence-electron chi connectivity index (χ3n) is 1.73. The molecule has 0 atom stereocenters. The van der Waals surface area contributed by atoms with Crippen LogP contribution in [0.2, 0.25) is 0 Å². The van der Waals surface area contributed by atoms with Crippen LogP contribution in [0.15, 0.2) is 24.3 Å². The molecule has 4 N–H and O–H groups in total. The SMILES string of the molecule is Nc1c(O)[nH]c2ccccc12. The van der Waals surface area contributed by atoms with Gasteiger partial charge in [-0.2, -0.15) is 0 Å². The number of hydrogen-bond donors (Lipinski definition) is 3. The number of anilines is 1. The number of para-hydroxylation sites is 1. The Morgan fingerprint density at radius 1 is 1.27 bits per heavy atom. The number of rotatable bonds is 0. The van der Waals surface area contributed by atoms with Crippen molar-refractivity contribution >= 4 is 16.6 Å². The van der Waals surface area contributed by atoms with E-state index in [4.69, 9.17) is 10.8 Å². The molecule has 0 fully saturated rings. The summed E-state index contributed by atoms with van der Waals surface area (Å²) in [5, 5.41) is 10.0. The summed E-state index contributed by atoms with van der Waals surface area (Å²) in [5.74, 6) is 0.0474. The summed E-state index contributed by atoms with van der Waals surface area (Å²) in [6, 6.07) is 7.50. The van der Waals surface area contributed by atoms with Gasteiger partial charge in [-0.1, -0.05) is 18.2 Å². The minimum atomic E-state index is 0.0474. The van der Waals surface area contributed by atoms with Crippen molar-refractivity contribution in [2.75, 3.05) is 5.73 Å². The highest BCUT2D eigenvalue weighted by molar-refractivity contribution is 5.94. The van der Waals surface area contributed by atoms with Crippen LogP contribution in [0.5, 0.6) is 5.88 Å². The number of benzene rings is 1. The molecule has 0 saturated heterocycles. The average Bonchev–Trinajstić information content (AvgIpc) is 2.30. The fraction of sp³-hybridized carbons (Fsp3) is 0. The van der Waals surface area contributed by atoms with Crippen LogP contribution in [0.3, 0.4) is 0 Å². The van der Waals surface area contributed by atoms with E-state index in [2.05, 4.69) is 4.98 Å². The number of nitrogens with two attached hydrogens (primary N) is 1. The highest BCUT2D eigenvalue weighted by atomic mass is 16.3. The largest absolute Gasteiger partial charge is 0.493 e. The summed E-state index contributed by atoms with van der Waals surface area (Å²) in [4.78, 5) is 2.76. The van der Waals surface area contributed by atoms with E-state index < -0.39 is 0 Å². The van der Waals surface area contributed by atoms with Crippen LogP contribution in [0.4, 0.5) is 5.69 Å². The van der Waals surface area contributed by atoms with Gasteiger partial charge in [0.2, 0.25) is 5.88 Å². The minimum Gasteiger partial charge on any atom is -0.493 e. The fourth-order valence-electron chi connectivity index (χ4n) is 1.15. The Kier molecular flexibility index (Phi) is 1.06. The Hall–Kier alpha value is -1.64. The molecule has 3 heteroatoms. The molecule has 0 bridgehead atoms.